The van der Waals surface area contributed by atoms with Crippen molar-refractivity contribution >= 4 is 23.4 Å². The van der Waals surface area contributed by atoms with E-state index in [0.29, 0.717) is 31.9 Å². The minimum atomic E-state index is -0.586. The molecule has 0 spiro atoms. The Bertz CT molecular complexity index is 643. The number of non-ortho nitro benzene ring substituents is 1. The van der Waals surface area contributed by atoms with Gasteiger partial charge in [-0.15, -0.1) is 0 Å². The van der Waals surface area contributed by atoms with E-state index >= 15 is 0 Å². The number of benzene rings is 1. The maximum absolute atomic E-state index is 11.9. The van der Waals surface area contributed by atoms with Crippen LogP contribution in [0.4, 0.5) is 11.4 Å². The zero-order chi connectivity index (χ0) is 17.7. The highest BCUT2D eigenvalue weighted by molar-refractivity contribution is 5.89. The van der Waals surface area contributed by atoms with Crippen molar-refractivity contribution in [2.75, 3.05) is 31.2 Å². The second-order valence-electron chi connectivity index (χ2n) is 6.47. The van der Waals surface area contributed by atoms with Crippen LogP contribution in [0.3, 0.4) is 0 Å². The van der Waals surface area contributed by atoms with Gasteiger partial charge in [0, 0.05) is 42.5 Å². The predicted octanol–water partition coefficient (Wildman–Crippen LogP) is 2.79. The SMILES string of the molecule is CC(C)(C)OC(=O)/C=C/c1cc([N+](=O)[O-])ccc1N1CCOCC1. The monoisotopic (exact) mass is 334 g/mol. The summed E-state index contributed by atoms with van der Waals surface area (Å²) in [5.41, 5.74) is 0.841. The highest BCUT2D eigenvalue weighted by Crippen LogP contribution is 2.27. The number of ether oxygens (including phenoxy) is 2. The Balaban J connectivity index is 2.28. The first-order chi connectivity index (χ1) is 11.3. The van der Waals surface area contributed by atoms with Crippen LogP contribution < -0.4 is 4.90 Å². The van der Waals surface area contributed by atoms with E-state index in [2.05, 4.69) is 4.90 Å². The quantitative estimate of drug-likeness (QED) is 0.364. The van der Waals surface area contributed by atoms with E-state index in [1.165, 1.54) is 18.2 Å². The van der Waals surface area contributed by atoms with Crippen molar-refractivity contribution in [1.82, 2.24) is 0 Å². The van der Waals surface area contributed by atoms with Gasteiger partial charge in [-0.05, 0) is 32.9 Å². The second-order valence-corrected chi connectivity index (χ2v) is 6.47. The van der Waals surface area contributed by atoms with E-state index in [1.54, 1.807) is 32.9 Å². The van der Waals surface area contributed by atoms with Crippen molar-refractivity contribution < 1.29 is 19.2 Å². The molecule has 1 aliphatic heterocycles. The molecule has 1 saturated heterocycles. The van der Waals surface area contributed by atoms with Crippen LogP contribution in [-0.2, 0) is 14.3 Å². The van der Waals surface area contributed by atoms with Crippen LogP contribution in [0.1, 0.15) is 26.3 Å². The van der Waals surface area contributed by atoms with Gasteiger partial charge < -0.3 is 14.4 Å². The van der Waals surface area contributed by atoms with E-state index in [4.69, 9.17) is 9.47 Å². The molecular weight excluding hydrogens is 312 g/mol. The number of nitro groups is 1. The molecule has 0 radical (unpaired) electrons. The Morgan fingerprint density at radius 2 is 2.00 bits per heavy atom. The molecule has 1 fully saturated rings. The van der Waals surface area contributed by atoms with E-state index in [1.807, 2.05) is 0 Å². The van der Waals surface area contributed by atoms with Crippen LogP contribution in [0, 0.1) is 10.1 Å². The standard InChI is InChI=1S/C17H22N2O5/c1-17(2,3)24-16(20)7-4-13-12-14(19(21)22)5-6-15(13)18-8-10-23-11-9-18/h4-7,12H,8-11H2,1-3H3/b7-4+. The number of hydrogen-bond donors (Lipinski definition) is 0. The summed E-state index contributed by atoms with van der Waals surface area (Å²) in [5.74, 6) is -0.484. The molecule has 0 atom stereocenters. The molecule has 0 aliphatic carbocycles. The summed E-state index contributed by atoms with van der Waals surface area (Å²) >= 11 is 0. The molecule has 130 valence electrons. The summed E-state index contributed by atoms with van der Waals surface area (Å²) in [7, 11) is 0. The first-order valence-electron chi connectivity index (χ1n) is 7.78. The van der Waals surface area contributed by atoms with Gasteiger partial charge in [-0.3, -0.25) is 10.1 Å². The number of nitro benzene ring substituents is 1. The van der Waals surface area contributed by atoms with Crippen LogP contribution >= 0.6 is 0 Å². The molecular formula is C17H22N2O5. The molecule has 7 heteroatoms. The minimum absolute atomic E-state index is 0.0177. The fourth-order valence-electron chi connectivity index (χ4n) is 2.37. The first-order valence-corrected chi connectivity index (χ1v) is 7.78. The van der Waals surface area contributed by atoms with Crippen LogP contribution in [0.15, 0.2) is 24.3 Å². The maximum Gasteiger partial charge on any atom is 0.331 e. The fraction of sp³-hybridized carbons (Fsp3) is 0.471. The van der Waals surface area contributed by atoms with Crippen molar-refractivity contribution in [3.05, 3.63) is 40.0 Å². The zero-order valence-corrected chi connectivity index (χ0v) is 14.2. The molecule has 7 nitrogen and oxygen atoms in total. The van der Waals surface area contributed by atoms with Crippen LogP contribution in [0.25, 0.3) is 6.08 Å². The molecule has 0 N–H and O–H groups in total. The molecule has 0 bridgehead atoms. The Morgan fingerprint density at radius 3 is 2.58 bits per heavy atom. The summed E-state index contributed by atoms with van der Waals surface area (Å²) in [5, 5.41) is 11.0. The largest absolute Gasteiger partial charge is 0.457 e. The van der Waals surface area contributed by atoms with Crippen LogP contribution in [0.5, 0.6) is 0 Å². The average Bonchev–Trinajstić information content (AvgIpc) is 2.52. The number of anilines is 1. The Kier molecular flexibility index (Phi) is 5.56. The van der Waals surface area contributed by atoms with Gasteiger partial charge >= 0.3 is 5.97 Å². The van der Waals surface area contributed by atoms with Crippen molar-refractivity contribution in [3.8, 4) is 0 Å². The third-order valence-electron chi connectivity index (χ3n) is 3.38. The summed E-state index contributed by atoms with van der Waals surface area (Å²) in [6, 6.07) is 4.64. The lowest BCUT2D eigenvalue weighted by Gasteiger charge is -2.30. The number of rotatable bonds is 4. The Labute approximate surface area is 141 Å². The Hall–Kier alpha value is -2.41. The molecule has 24 heavy (non-hydrogen) atoms. The van der Waals surface area contributed by atoms with E-state index in [0.717, 1.165) is 5.69 Å². The van der Waals surface area contributed by atoms with Gasteiger partial charge in [0.1, 0.15) is 5.60 Å². The van der Waals surface area contributed by atoms with E-state index in [-0.39, 0.29) is 5.69 Å². The van der Waals surface area contributed by atoms with Crippen molar-refractivity contribution in [2.45, 2.75) is 26.4 Å². The lowest BCUT2D eigenvalue weighted by molar-refractivity contribution is -0.384. The lowest BCUT2D eigenvalue weighted by atomic mass is 10.1. The van der Waals surface area contributed by atoms with Gasteiger partial charge in [-0.2, -0.15) is 0 Å². The first kappa shape index (κ1) is 17.9. The molecule has 1 aliphatic rings. The number of morpholine rings is 1. The third kappa shape index (κ3) is 5.06. The number of nitrogens with zero attached hydrogens (tertiary/aromatic N) is 2. The van der Waals surface area contributed by atoms with E-state index in [9.17, 15) is 14.9 Å². The normalized spacial score (nSPS) is 15.5. The smallest absolute Gasteiger partial charge is 0.331 e. The number of hydrogen-bond acceptors (Lipinski definition) is 6. The molecule has 2 rings (SSSR count). The number of carbonyl (C=O) groups excluding carboxylic acids is 1. The number of esters is 1. The van der Waals surface area contributed by atoms with Crippen molar-refractivity contribution in [2.24, 2.45) is 0 Å². The van der Waals surface area contributed by atoms with Gasteiger partial charge in [0.15, 0.2) is 0 Å². The van der Waals surface area contributed by atoms with Gasteiger partial charge in [-0.25, -0.2) is 4.79 Å². The summed E-state index contributed by atoms with van der Waals surface area (Å²) in [6.07, 6.45) is 2.86. The minimum Gasteiger partial charge on any atom is -0.457 e. The average molecular weight is 334 g/mol. The molecule has 0 aromatic heterocycles. The van der Waals surface area contributed by atoms with Crippen molar-refractivity contribution in [1.29, 1.82) is 0 Å². The topological polar surface area (TPSA) is 81.9 Å². The summed E-state index contributed by atoms with van der Waals surface area (Å²) < 4.78 is 10.6. The van der Waals surface area contributed by atoms with Gasteiger partial charge in [-0.1, -0.05) is 0 Å². The molecule has 0 unspecified atom stereocenters. The maximum atomic E-state index is 11.9. The van der Waals surface area contributed by atoms with Crippen LogP contribution in [0.2, 0.25) is 0 Å². The number of carbonyl (C=O) groups is 1. The molecule has 1 heterocycles. The highest BCUT2D eigenvalue weighted by atomic mass is 16.6. The lowest BCUT2D eigenvalue weighted by Crippen LogP contribution is -2.36. The zero-order valence-electron chi connectivity index (χ0n) is 14.2. The second kappa shape index (κ2) is 7.44. The summed E-state index contributed by atoms with van der Waals surface area (Å²) in [4.78, 5) is 24.5. The molecule has 1 aromatic rings. The van der Waals surface area contributed by atoms with Gasteiger partial charge in [0.25, 0.3) is 5.69 Å². The van der Waals surface area contributed by atoms with Crippen LogP contribution in [-0.4, -0.2) is 42.8 Å². The van der Waals surface area contributed by atoms with Crippen molar-refractivity contribution in [3.63, 3.8) is 0 Å². The van der Waals surface area contributed by atoms with E-state index < -0.39 is 16.5 Å². The molecule has 0 amide bonds. The third-order valence-corrected chi connectivity index (χ3v) is 3.38. The van der Waals surface area contributed by atoms with Gasteiger partial charge in [0.2, 0.25) is 0 Å². The predicted molar refractivity (Wildman–Crippen MR) is 91.0 cm³/mol. The fourth-order valence-corrected chi connectivity index (χ4v) is 2.37. The summed E-state index contributed by atoms with van der Waals surface area (Å²) in [6.45, 7) is 7.95. The van der Waals surface area contributed by atoms with Gasteiger partial charge in [0.05, 0.1) is 18.1 Å². The highest BCUT2D eigenvalue weighted by Gasteiger charge is 2.18. The molecule has 0 saturated carbocycles. The molecule has 1 aromatic carbocycles. The Morgan fingerprint density at radius 1 is 1.33 bits per heavy atom.